The molecule has 0 unspecified atom stereocenters. The van der Waals surface area contributed by atoms with Gasteiger partial charge < -0.3 is 24.8 Å². The molecule has 0 spiro atoms. The molecular weight excluding hydrogens is 496 g/mol. The van der Waals surface area contributed by atoms with Gasteiger partial charge in [0.2, 0.25) is 11.7 Å². The molecule has 0 saturated carbocycles. The maximum atomic E-state index is 11.9. The minimum absolute atomic E-state index is 0.165. The highest BCUT2D eigenvalue weighted by Gasteiger charge is 2.15. The van der Waals surface area contributed by atoms with Gasteiger partial charge in [0.25, 0.3) is 10.2 Å². The van der Waals surface area contributed by atoms with E-state index in [4.69, 9.17) is 25.8 Å². The Balaban J connectivity index is 1.75. The Kier molecular flexibility index (Phi) is 8.57. The quantitative estimate of drug-likeness (QED) is 0.346. The number of anilines is 4. The van der Waals surface area contributed by atoms with E-state index in [-0.39, 0.29) is 6.54 Å². The van der Waals surface area contributed by atoms with Crippen molar-refractivity contribution >= 4 is 45.0 Å². The Bertz CT molecular complexity index is 1250. The van der Waals surface area contributed by atoms with Crippen LogP contribution in [0.2, 0.25) is 5.02 Å². The van der Waals surface area contributed by atoms with E-state index < -0.39 is 10.2 Å². The second kappa shape index (κ2) is 11.4. The second-order valence-electron chi connectivity index (χ2n) is 7.36. The number of rotatable bonds is 11. The lowest BCUT2D eigenvalue weighted by Gasteiger charge is -2.15. The molecule has 3 aromatic rings. The molecule has 0 saturated heterocycles. The lowest BCUT2D eigenvalue weighted by Crippen LogP contribution is -2.35. The molecule has 0 fully saturated rings. The summed E-state index contributed by atoms with van der Waals surface area (Å²) in [5.74, 6) is 2.11. The van der Waals surface area contributed by atoms with Crippen LogP contribution < -0.4 is 29.6 Å². The normalized spacial score (nSPS) is 11.3. The molecule has 3 N–H and O–H groups in total. The molecule has 11 nitrogen and oxygen atoms in total. The van der Waals surface area contributed by atoms with Crippen LogP contribution >= 0.6 is 11.6 Å². The van der Waals surface area contributed by atoms with E-state index in [2.05, 4.69) is 25.3 Å². The van der Waals surface area contributed by atoms with Crippen molar-refractivity contribution in [3.05, 3.63) is 53.2 Å². The third-order valence-corrected chi connectivity index (χ3v) is 6.57. The summed E-state index contributed by atoms with van der Waals surface area (Å²) in [5.41, 5.74) is 2.13. The maximum absolute atomic E-state index is 11.9. The predicted octanol–water partition coefficient (Wildman–Crippen LogP) is 3.54. The third-order valence-electron chi connectivity index (χ3n) is 4.82. The number of benzene rings is 2. The first-order valence-corrected chi connectivity index (χ1v) is 12.1. The van der Waals surface area contributed by atoms with E-state index >= 15 is 0 Å². The summed E-state index contributed by atoms with van der Waals surface area (Å²) < 4.78 is 43.4. The number of halogens is 1. The lowest BCUT2D eigenvalue weighted by atomic mass is 10.2. The highest BCUT2D eigenvalue weighted by Crippen LogP contribution is 2.40. The molecule has 13 heteroatoms. The number of hydrogen-bond acceptors (Lipinski definition) is 9. The standard InChI is InChI=1S/C22H27ClN6O5S/c1-29(2)35(30,31)25-12-14-6-8-15(9-7-14)26-21-17(23)13-24-22(28-21)27-16-10-18(32-3)20(34-5)19(11-16)33-4/h6-11,13,25H,12H2,1-5H3,(H2,24,26,27,28). The highest BCUT2D eigenvalue weighted by atomic mass is 35.5. The summed E-state index contributed by atoms with van der Waals surface area (Å²) >= 11 is 6.29. The van der Waals surface area contributed by atoms with Gasteiger partial charge in [0.15, 0.2) is 17.3 Å². The molecule has 0 radical (unpaired) electrons. The number of nitrogens with one attached hydrogen (secondary N) is 3. The topological polar surface area (TPSA) is 127 Å². The SMILES string of the molecule is COc1cc(Nc2ncc(Cl)c(Nc3ccc(CNS(=O)(=O)N(C)C)cc3)n2)cc(OC)c1OC. The summed E-state index contributed by atoms with van der Waals surface area (Å²) in [6.45, 7) is 0.165. The molecule has 0 amide bonds. The van der Waals surface area contributed by atoms with Gasteiger partial charge >= 0.3 is 0 Å². The molecule has 1 aromatic heterocycles. The first-order chi connectivity index (χ1) is 16.7. The van der Waals surface area contributed by atoms with Gasteiger partial charge in [-0.1, -0.05) is 23.7 Å². The van der Waals surface area contributed by atoms with Crippen molar-refractivity contribution in [3.8, 4) is 17.2 Å². The van der Waals surface area contributed by atoms with Crippen molar-refractivity contribution in [2.75, 3.05) is 46.1 Å². The van der Waals surface area contributed by atoms with E-state index in [1.165, 1.54) is 41.6 Å². The minimum Gasteiger partial charge on any atom is -0.493 e. The van der Waals surface area contributed by atoms with Gasteiger partial charge in [-0.2, -0.15) is 22.4 Å². The molecular formula is C22H27ClN6O5S. The van der Waals surface area contributed by atoms with E-state index in [0.29, 0.717) is 45.4 Å². The van der Waals surface area contributed by atoms with E-state index in [1.54, 1.807) is 36.4 Å². The van der Waals surface area contributed by atoms with Crippen LogP contribution in [0.15, 0.2) is 42.6 Å². The van der Waals surface area contributed by atoms with Crippen LogP contribution in [0.4, 0.5) is 23.1 Å². The Morgan fingerprint density at radius 3 is 2.11 bits per heavy atom. The summed E-state index contributed by atoms with van der Waals surface area (Å²) in [6, 6.07) is 10.6. The first-order valence-electron chi connectivity index (χ1n) is 10.3. The zero-order valence-corrected chi connectivity index (χ0v) is 21.5. The average Bonchev–Trinajstić information content (AvgIpc) is 2.84. The van der Waals surface area contributed by atoms with Gasteiger partial charge in [-0.05, 0) is 17.7 Å². The lowest BCUT2D eigenvalue weighted by molar-refractivity contribution is 0.324. The van der Waals surface area contributed by atoms with Crippen molar-refractivity contribution in [3.63, 3.8) is 0 Å². The predicted molar refractivity (Wildman–Crippen MR) is 136 cm³/mol. The minimum atomic E-state index is -3.50. The van der Waals surface area contributed by atoms with Crippen LogP contribution in [0.5, 0.6) is 17.2 Å². The van der Waals surface area contributed by atoms with E-state index in [9.17, 15) is 8.42 Å². The Labute approximate surface area is 209 Å². The van der Waals surface area contributed by atoms with Crippen LogP contribution in [0.25, 0.3) is 0 Å². The van der Waals surface area contributed by atoms with Crippen molar-refractivity contribution in [2.24, 2.45) is 0 Å². The van der Waals surface area contributed by atoms with Crippen molar-refractivity contribution in [2.45, 2.75) is 6.54 Å². The zero-order valence-electron chi connectivity index (χ0n) is 19.9. The van der Waals surface area contributed by atoms with Crippen LogP contribution in [0.3, 0.4) is 0 Å². The maximum Gasteiger partial charge on any atom is 0.279 e. The fraction of sp³-hybridized carbons (Fsp3) is 0.273. The highest BCUT2D eigenvalue weighted by molar-refractivity contribution is 7.87. The molecule has 188 valence electrons. The van der Waals surface area contributed by atoms with Gasteiger partial charge in [-0.25, -0.2) is 4.98 Å². The largest absolute Gasteiger partial charge is 0.493 e. The van der Waals surface area contributed by atoms with Gasteiger partial charge in [-0.15, -0.1) is 0 Å². The van der Waals surface area contributed by atoms with Crippen LogP contribution in [0.1, 0.15) is 5.56 Å². The molecule has 0 bridgehead atoms. The van der Waals surface area contributed by atoms with Crippen molar-refractivity contribution < 1.29 is 22.6 Å². The Morgan fingerprint density at radius 2 is 1.57 bits per heavy atom. The van der Waals surface area contributed by atoms with Crippen molar-refractivity contribution in [1.82, 2.24) is 19.0 Å². The molecule has 0 aliphatic heterocycles. The number of aromatic nitrogens is 2. The van der Waals surface area contributed by atoms with Crippen molar-refractivity contribution in [1.29, 1.82) is 0 Å². The van der Waals surface area contributed by atoms with Crippen LogP contribution in [0, 0.1) is 0 Å². The smallest absolute Gasteiger partial charge is 0.279 e. The molecule has 0 aliphatic rings. The summed E-state index contributed by atoms with van der Waals surface area (Å²) in [7, 11) is 4.02. The number of methoxy groups -OCH3 is 3. The van der Waals surface area contributed by atoms with Crippen LogP contribution in [-0.2, 0) is 16.8 Å². The van der Waals surface area contributed by atoms with E-state index in [0.717, 1.165) is 9.87 Å². The van der Waals surface area contributed by atoms with Gasteiger partial charge in [0, 0.05) is 44.1 Å². The van der Waals surface area contributed by atoms with Gasteiger partial charge in [-0.3, -0.25) is 0 Å². The average molecular weight is 523 g/mol. The fourth-order valence-electron chi connectivity index (χ4n) is 2.94. The monoisotopic (exact) mass is 522 g/mol. The van der Waals surface area contributed by atoms with Gasteiger partial charge in [0.05, 0.1) is 27.5 Å². The summed E-state index contributed by atoms with van der Waals surface area (Å²) in [6.07, 6.45) is 1.47. The first kappa shape index (κ1) is 26.3. The number of ether oxygens (including phenoxy) is 3. The number of nitrogens with zero attached hydrogens (tertiary/aromatic N) is 3. The molecule has 1 heterocycles. The molecule has 3 rings (SSSR count). The zero-order chi connectivity index (χ0) is 25.6. The fourth-order valence-corrected chi connectivity index (χ4v) is 3.69. The summed E-state index contributed by atoms with van der Waals surface area (Å²) in [4.78, 5) is 8.68. The molecule has 35 heavy (non-hydrogen) atoms. The van der Waals surface area contributed by atoms with E-state index in [1.807, 2.05) is 0 Å². The number of hydrogen-bond donors (Lipinski definition) is 3. The van der Waals surface area contributed by atoms with Gasteiger partial charge in [0.1, 0.15) is 5.02 Å². The summed E-state index contributed by atoms with van der Waals surface area (Å²) in [5, 5.41) is 6.56. The van der Waals surface area contributed by atoms with Crippen LogP contribution in [-0.4, -0.2) is 58.1 Å². The molecule has 0 atom stereocenters. The third kappa shape index (κ3) is 6.63. The Morgan fingerprint density at radius 1 is 0.943 bits per heavy atom. The second-order valence-corrected chi connectivity index (χ2v) is 9.74. The Hall–Kier alpha value is -3.32. The molecule has 0 aliphatic carbocycles. The molecule has 2 aromatic carbocycles.